The fourth-order valence-electron chi connectivity index (χ4n) is 4.02. The fraction of sp³-hybridized carbons (Fsp3) is 0.792. The number of nitrogens with zero attached hydrogens (tertiary/aromatic N) is 1. The molecule has 32 heavy (non-hydrogen) atoms. The molecule has 0 spiro atoms. The molecule has 1 unspecified atom stereocenters. The Bertz CT molecular complexity index is 802. The molecule has 8 heteroatoms. The number of esters is 1. The quantitative estimate of drug-likeness (QED) is 0.310. The average molecular weight is 453 g/mol. The summed E-state index contributed by atoms with van der Waals surface area (Å²) in [7, 11) is 0. The minimum atomic E-state index is -0.853. The van der Waals surface area contributed by atoms with E-state index in [9.17, 15) is 19.5 Å². The van der Waals surface area contributed by atoms with E-state index in [1.165, 1.54) is 62.1 Å². The van der Waals surface area contributed by atoms with Crippen LogP contribution in [0.1, 0.15) is 102 Å². The van der Waals surface area contributed by atoms with E-state index in [1.54, 1.807) is 6.92 Å². The van der Waals surface area contributed by atoms with Crippen LogP contribution in [0.3, 0.4) is 0 Å². The largest absolute Gasteiger partial charge is 0.463 e. The van der Waals surface area contributed by atoms with Gasteiger partial charge in [0.2, 0.25) is 0 Å². The third-order valence-corrected chi connectivity index (χ3v) is 6.05. The molecule has 0 radical (unpaired) electrons. The van der Waals surface area contributed by atoms with Gasteiger partial charge in [0.1, 0.15) is 18.9 Å². The van der Waals surface area contributed by atoms with Crippen molar-refractivity contribution in [2.45, 2.75) is 116 Å². The molecule has 0 aromatic carbocycles. The van der Waals surface area contributed by atoms with Crippen LogP contribution in [0.15, 0.2) is 15.8 Å². The van der Waals surface area contributed by atoms with Crippen LogP contribution < -0.4 is 11.2 Å². The molecular formula is C24H40N2O6. The highest BCUT2D eigenvalue weighted by atomic mass is 16.6. The lowest BCUT2D eigenvalue weighted by Crippen LogP contribution is -2.33. The molecule has 2 N–H and O–H groups in total. The molecule has 0 saturated carbocycles. The summed E-state index contributed by atoms with van der Waals surface area (Å²) < 4.78 is 12.2. The smallest absolute Gasteiger partial charge is 0.330 e. The first-order chi connectivity index (χ1) is 15.4. The van der Waals surface area contributed by atoms with Crippen molar-refractivity contribution in [1.82, 2.24) is 9.55 Å². The molecule has 182 valence electrons. The normalized spacial score (nSPS) is 20.5. The van der Waals surface area contributed by atoms with Gasteiger partial charge in [-0.3, -0.25) is 19.1 Å². The molecule has 8 nitrogen and oxygen atoms in total. The zero-order valence-corrected chi connectivity index (χ0v) is 19.6. The van der Waals surface area contributed by atoms with Crippen LogP contribution in [0.5, 0.6) is 0 Å². The maximum atomic E-state index is 12.0. The predicted molar refractivity (Wildman–Crippen MR) is 123 cm³/mol. The third-order valence-electron chi connectivity index (χ3n) is 6.05. The molecule has 0 amide bonds. The highest BCUT2D eigenvalue weighted by molar-refractivity contribution is 5.69. The van der Waals surface area contributed by atoms with Crippen LogP contribution >= 0.6 is 0 Å². The number of ether oxygens (including phenoxy) is 2. The number of rotatable bonds is 15. The minimum absolute atomic E-state index is 0.0500. The lowest BCUT2D eigenvalue weighted by Gasteiger charge is -2.16. The lowest BCUT2D eigenvalue weighted by atomic mass is 10.1. The number of aliphatic hydroxyl groups is 1. The van der Waals surface area contributed by atoms with E-state index in [2.05, 4.69) is 11.9 Å². The van der Waals surface area contributed by atoms with Crippen molar-refractivity contribution in [2.24, 2.45) is 0 Å². The number of carbonyl (C=O) groups is 1. The Labute approximate surface area is 190 Å². The molecule has 3 atom stereocenters. The Kier molecular flexibility index (Phi) is 11.7. The number of nitrogens with one attached hydrogen (secondary N) is 1. The molecule has 2 rings (SSSR count). The van der Waals surface area contributed by atoms with Gasteiger partial charge in [-0.25, -0.2) is 4.79 Å². The monoisotopic (exact) mass is 452 g/mol. The highest BCUT2D eigenvalue weighted by Crippen LogP contribution is 2.28. The van der Waals surface area contributed by atoms with Crippen molar-refractivity contribution in [3.63, 3.8) is 0 Å². The number of hydrogen-bond acceptors (Lipinski definition) is 6. The van der Waals surface area contributed by atoms with E-state index in [0.717, 1.165) is 19.3 Å². The molecule has 0 aliphatic carbocycles. The zero-order chi connectivity index (χ0) is 23.3. The van der Waals surface area contributed by atoms with Gasteiger partial charge >= 0.3 is 11.7 Å². The summed E-state index contributed by atoms with van der Waals surface area (Å²) in [6, 6.07) is 0. The second-order valence-corrected chi connectivity index (χ2v) is 8.88. The van der Waals surface area contributed by atoms with E-state index < -0.39 is 29.7 Å². The maximum Gasteiger partial charge on any atom is 0.330 e. The lowest BCUT2D eigenvalue weighted by molar-refractivity contribution is -0.150. The second-order valence-electron chi connectivity index (χ2n) is 8.88. The number of carbonyl (C=O) groups excluding carboxylic acids is 1. The second kappa shape index (κ2) is 14.3. The number of aromatic nitrogens is 2. The molecule has 1 saturated heterocycles. The van der Waals surface area contributed by atoms with Crippen molar-refractivity contribution in [3.05, 3.63) is 32.6 Å². The zero-order valence-electron chi connectivity index (χ0n) is 19.6. The molecule has 1 fully saturated rings. The molecule has 0 bridgehead atoms. The third kappa shape index (κ3) is 8.90. The Morgan fingerprint density at radius 1 is 1.09 bits per heavy atom. The minimum Gasteiger partial charge on any atom is -0.463 e. The Morgan fingerprint density at radius 2 is 1.69 bits per heavy atom. The Balaban J connectivity index is 1.57. The number of unbranched alkanes of at least 4 members (excludes halogenated alkanes) is 10. The Hall–Kier alpha value is -1.93. The van der Waals surface area contributed by atoms with E-state index in [1.807, 2.05) is 0 Å². The van der Waals surface area contributed by atoms with Gasteiger partial charge in [0, 0.05) is 24.6 Å². The van der Waals surface area contributed by atoms with Gasteiger partial charge in [0.05, 0.1) is 6.10 Å². The van der Waals surface area contributed by atoms with Crippen molar-refractivity contribution in [2.75, 3.05) is 6.61 Å². The number of H-pyrrole nitrogens is 1. The van der Waals surface area contributed by atoms with Gasteiger partial charge in [0.25, 0.3) is 5.56 Å². The van der Waals surface area contributed by atoms with Gasteiger partial charge in [-0.2, -0.15) is 0 Å². The average Bonchev–Trinajstić information content (AvgIpc) is 3.13. The van der Waals surface area contributed by atoms with Gasteiger partial charge in [-0.05, 0) is 13.3 Å². The summed E-state index contributed by atoms with van der Waals surface area (Å²) in [6.07, 6.45) is 13.1. The SMILES string of the molecule is CCCCCCCCCCCCCC(=O)OC[C@H]1O[C@@H](n2cc(C)c(=O)[nH]c2=O)CC1O. The van der Waals surface area contributed by atoms with Crippen molar-refractivity contribution < 1.29 is 19.4 Å². The number of hydrogen-bond donors (Lipinski definition) is 2. The molecule has 1 aliphatic heterocycles. The molecule has 1 aliphatic rings. The number of aliphatic hydroxyl groups excluding tert-OH is 1. The summed E-state index contributed by atoms with van der Waals surface area (Å²) >= 11 is 0. The highest BCUT2D eigenvalue weighted by Gasteiger charge is 2.36. The van der Waals surface area contributed by atoms with Crippen molar-refractivity contribution in [3.8, 4) is 0 Å². The van der Waals surface area contributed by atoms with Crippen molar-refractivity contribution >= 4 is 5.97 Å². The predicted octanol–water partition coefficient (Wildman–Crippen LogP) is 3.74. The van der Waals surface area contributed by atoms with Gasteiger partial charge in [-0.15, -0.1) is 0 Å². The Morgan fingerprint density at radius 3 is 2.31 bits per heavy atom. The van der Waals surface area contributed by atoms with Gasteiger partial charge < -0.3 is 14.6 Å². The van der Waals surface area contributed by atoms with E-state index >= 15 is 0 Å². The van der Waals surface area contributed by atoms with Gasteiger partial charge in [0.15, 0.2) is 0 Å². The first-order valence-electron chi connectivity index (χ1n) is 12.2. The van der Waals surface area contributed by atoms with Crippen LogP contribution in [-0.2, 0) is 14.3 Å². The van der Waals surface area contributed by atoms with E-state index in [-0.39, 0.29) is 19.0 Å². The van der Waals surface area contributed by atoms with Crippen LogP contribution in [0.2, 0.25) is 0 Å². The first-order valence-corrected chi connectivity index (χ1v) is 12.2. The molecular weight excluding hydrogens is 412 g/mol. The van der Waals surface area contributed by atoms with Crippen LogP contribution in [0.4, 0.5) is 0 Å². The summed E-state index contributed by atoms with van der Waals surface area (Å²) in [6.45, 7) is 3.78. The standard InChI is InChI=1S/C24H40N2O6/c1-3-4-5-6-7-8-9-10-11-12-13-14-22(28)31-17-20-19(27)15-21(32-20)26-16-18(2)23(29)25-24(26)30/h16,19-21,27H,3-15,17H2,1-2H3,(H,25,29,30)/t19?,20-,21-/m1/s1. The number of aromatic amines is 1. The summed E-state index contributed by atoms with van der Waals surface area (Å²) in [5.41, 5.74) is -0.658. The number of aryl methyl sites for hydroxylation is 1. The fourth-order valence-corrected chi connectivity index (χ4v) is 4.02. The maximum absolute atomic E-state index is 12.0. The van der Waals surface area contributed by atoms with E-state index in [0.29, 0.717) is 12.0 Å². The topological polar surface area (TPSA) is 111 Å². The summed E-state index contributed by atoms with van der Waals surface area (Å²) in [5.74, 6) is -0.294. The van der Waals surface area contributed by atoms with E-state index in [4.69, 9.17) is 9.47 Å². The van der Waals surface area contributed by atoms with Gasteiger partial charge in [-0.1, -0.05) is 71.1 Å². The first kappa shape index (κ1) is 26.3. The van der Waals surface area contributed by atoms with Crippen molar-refractivity contribution in [1.29, 1.82) is 0 Å². The summed E-state index contributed by atoms with van der Waals surface area (Å²) in [5, 5.41) is 10.2. The molecule has 1 aromatic heterocycles. The van der Waals surface area contributed by atoms with Crippen LogP contribution in [-0.4, -0.2) is 39.4 Å². The molecule has 1 aromatic rings. The summed E-state index contributed by atoms with van der Waals surface area (Å²) in [4.78, 5) is 37.7. The molecule has 2 heterocycles. The van der Waals surface area contributed by atoms with Crippen LogP contribution in [0, 0.1) is 6.92 Å². The van der Waals surface area contributed by atoms with Crippen LogP contribution in [0.25, 0.3) is 0 Å².